The van der Waals surface area contributed by atoms with Crippen molar-refractivity contribution in [2.75, 3.05) is 11.9 Å². The van der Waals surface area contributed by atoms with Crippen molar-refractivity contribution < 1.29 is 18.3 Å². The van der Waals surface area contributed by atoms with Crippen LogP contribution in [-0.2, 0) is 4.79 Å². The van der Waals surface area contributed by atoms with E-state index in [-0.39, 0.29) is 18.0 Å². The molecular weight excluding hydrogens is 356 g/mol. The number of hydrogen-bond acceptors (Lipinski definition) is 2. The van der Waals surface area contributed by atoms with E-state index in [9.17, 15) is 13.6 Å². The smallest absolute Gasteiger partial charge is 0.224 e. The minimum Gasteiger partial charge on any atom is -0.494 e. The molecule has 2 aromatic rings. The van der Waals surface area contributed by atoms with Gasteiger partial charge in [0.1, 0.15) is 17.4 Å². The average molecular weight is 370 g/mol. The van der Waals surface area contributed by atoms with Gasteiger partial charge in [-0.25, -0.2) is 8.78 Å². The van der Waals surface area contributed by atoms with E-state index in [1.165, 1.54) is 6.07 Å². The lowest BCUT2D eigenvalue weighted by Gasteiger charge is -2.08. The molecule has 3 nitrogen and oxygen atoms in total. The van der Waals surface area contributed by atoms with Gasteiger partial charge in [0, 0.05) is 17.0 Å². The zero-order valence-electron chi connectivity index (χ0n) is 11.6. The van der Waals surface area contributed by atoms with E-state index in [4.69, 9.17) is 4.74 Å². The number of rotatable bonds is 6. The molecule has 0 radical (unpaired) electrons. The van der Waals surface area contributed by atoms with Crippen molar-refractivity contribution in [3.05, 3.63) is 58.6 Å². The summed E-state index contributed by atoms with van der Waals surface area (Å²) in [6, 6.07) is 10.4. The van der Waals surface area contributed by atoms with Gasteiger partial charge in [-0.3, -0.25) is 4.79 Å². The van der Waals surface area contributed by atoms with Crippen LogP contribution in [0.25, 0.3) is 0 Å². The number of anilines is 1. The summed E-state index contributed by atoms with van der Waals surface area (Å²) in [5, 5.41) is 2.40. The number of ether oxygens (including phenoxy) is 1. The molecule has 0 bridgehead atoms. The molecule has 0 aliphatic carbocycles. The summed E-state index contributed by atoms with van der Waals surface area (Å²) >= 11 is 3.34. The highest BCUT2D eigenvalue weighted by molar-refractivity contribution is 9.10. The molecule has 0 saturated carbocycles. The average Bonchev–Trinajstić information content (AvgIpc) is 2.47. The number of carbonyl (C=O) groups is 1. The highest BCUT2D eigenvalue weighted by atomic mass is 79.9. The minimum atomic E-state index is -0.793. The van der Waals surface area contributed by atoms with Crippen molar-refractivity contribution in [2.24, 2.45) is 0 Å². The molecule has 0 atom stereocenters. The zero-order chi connectivity index (χ0) is 15.9. The maximum Gasteiger partial charge on any atom is 0.224 e. The number of amides is 1. The molecule has 0 fully saturated rings. The Labute approximate surface area is 135 Å². The van der Waals surface area contributed by atoms with Crippen LogP contribution < -0.4 is 10.1 Å². The SMILES string of the molecule is O=C(CCCOc1cccc(Br)c1)Nc1ccc(F)cc1F. The lowest BCUT2D eigenvalue weighted by molar-refractivity contribution is -0.116. The fraction of sp³-hybridized carbons (Fsp3) is 0.188. The van der Waals surface area contributed by atoms with Gasteiger partial charge in [-0.2, -0.15) is 0 Å². The van der Waals surface area contributed by atoms with Crippen LogP contribution in [0.3, 0.4) is 0 Å². The van der Waals surface area contributed by atoms with Gasteiger partial charge < -0.3 is 10.1 Å². The van der Waals surface area contributed by atoms with E-state index in [0.29, 0.717) is 18.8 Å². The lowest BCUT2D eigenvalue weighted by Crippen LogP contribution is -2.13. The fourth-order valence-electron chi connectivity index (χ4n) is 1.78. The first-order chi connectivity index (χ1) is 10.5. The molecule has 6 heteroatoms. The number of nitrogens with one attached hydrogen (secondary N) is 1. The Bertz CT molecular complexity index is 664. The molecule has 0 aromatic heterocycles. The van der Waals surface area contributed by atoms with Crippen LogP contribution in [0, 0.1) is 11.6 Å². The Balaban J connectivity index is 1.74. The summed E-state index contributed by atoms with van der Waals surface area (Å²) in [7, 11) is 0. The van der Waals surface area contributed by atoms with Crippen LogP contribution >= 0.6 is 15.9 Å². The van der Waals surface area contributed by atoms with Crippen molar-refractivity contribution in [1.82, 2.24) is 0 Å². The number of hydrogen-bond donors (Lipinski definition) is 1. The van der Waals surface area contributed by atoms with Crippen LogP contribution in [0.1, 0.15) is 12.8 Å². The Morgan fingerprint density at radius 3 is 2.73 bits per heavy atom. The quantitative estimate of drug-likeness (QED) is 0.759. The van der Waals surface area contributed by atoms with Gasteiger partial charge in [-0.1, -0.05) is 22.0 Å². The van der Waals surface area contributed by atoms with Gasteiger partial charge in [0.05, 0.1) is 12.3 Å². The highest BCUT2D eigenvalue weighted by Crippen LogP contribution is 2.18. The largest absolute Gasteiger partial charge is 0.494 e. The Hall–Kier alpha value is -1.95. The Kier molecular flexibility index (Phi) is 5.89. The van der Waals surface area contributed by atoms with Crippen LogP contribution in [-0.4, -0.2) is 12.5 Å². The van der Waals surface area contributed by atoms with Gasteiger partial charge in [-0.15, -0.1) is 0 Å². The summed E-state index contributed by atoms with van der Waals surface area (Å²) in [5.74, 6) is -1.11. The van der Waals surface area contributed by atoms with Gasteiger partial charge in [0.2, 0.25) is 5.91 Å². The van der Waals surface area contributed by atoms with E-state index >= 15 is 0 Å². The first-order valence-corrected chi connectivity index (χ1v) is 7.47. The topological polar surface area (TPSA) is 38.3 Å². The van der Waals surface area contributed by atoms with Crippen molar-refractivity contribution in [3.63, 3.8) is 0 Å². The second kappa shape index (κ2) is 7.89. The van der Waals surface area contributed by atoms with Gasteiger partial charge >= 0.3 is 0 Å². The normalized spacial score (nSPS) is 10.3. The first-order valence-electron chi connectivity index (χ1n) is 6.68. The number of carbonyl (C=O) groups excluding carboxylic acids is 1. The maximum absolute atomic E-state index is 13.4. The lowest BCUT2D eigenvalue weighted by atomic mass is 10.2. The monoisotopic (exact) mass is 369 g/mol. The molecule has 0 unspecified atom stereocenters. The third kappa shape index (κ3) is 5.11. The molecule has 0 heterocycles. The number of benzene rings is 2. The molecule has 2 rings (SSSR count). The molecule has 116 valence electrons. The molecule has 0 spiro atoms. The molecule has 1 N–H and O–H groups in total. The molecule has 0 saturated heterocycles. The predicted molar refractivity (Wildman–Crippen MR) is 83.9 cm³/mol. The third-order valence-corrected chi connectivity index (χ3v) is 3.31. The molecular formula is C16H14BrF2NO2. The molecule has 22 heavy (non-hydrogen) atoms. The molecule has 1 amide bonds. The highest BCUT2D eigenvalue weighted by Gasteiger charge is 2.08. The molecule has 0 aliphatic rings. The fourth-order valence-corrected chi connectivity index (χ4v) is 2.16. The van der Waals surface area contributed by atoms with Crippen molar-refractivity contribution in [2.45, 2.75) is 12.8 Å². The van der Waals surface area contributed by atoms with E-state index in [1.807, 2.05) is 24.3 Å². The van der Waals surface area contributed by atoms with Gasteiger partial charge in [0.15, 0.2) is 0 Å². The van der Waals surface area contributed by atoms with Crippen LogP contribution in [0.4, 0.5) is 14.5 Å². The molecule has 2 aromatic carbocycles. The summed E-state index contributed by atoms with van der Waals surface area (Å²) in [6.07, 6.45) is 0.673. The standard InChI is InChI=1S/C16H14BrF2NO2/c17-11-3-1-4-13(9-11)22-8-2-5-16(21)20-15-7-6-12(18)10-14(15)19/h1,3-4,6-7,9-10H,2,5,8H2,(H,20,21). The van der Waals surface area contributed by atoms with Crippen molar-refractivity contribution >= 4 is 27.5 Å². The summed E-state index contributed by atoms with van der Waals surface area (Å²) in [6.45, 7) is 0.371. The minimum absolute atomic E-state index is 0.0284. The van der Waals surface area contributed by atoms with Gasteiger partial charge in [0.25, 0.3) is 0 Å². The second-order valence-electron chi connectivity index (χ2n) is 4.58. The van der Waals surface area contributed by atoms with Crippen LogP contribution in [0.15, 0.2) is 46.9 Å². The predicted octanol–water partition coefficient (Wildman–Crippen LogP) is 4.53. The second-order valence-corrected chi connectivity index (χ2v) is 5.50. The summed E-state index contributed by atoms with van der Waals surface area (Å²) in [4.78, 5) is 11.7. The Morgan fingerprint density at radius 2 is 2.00 bits per heavy atom. The van der Waals surface area contributed by atoms with Crippen molar-refractivity contribution in [3.8, 4) is 5.75 Å². The van der Waals surface area contributed by atoms with Crippen molar-refractivity contribution in [1.29, 1.82) is 0 Å². The van der Waals surface area contributed by atoms with Gasteiger partial charge in [-0.05, 0) is 36.8 Å². The summed E-state index contributed by atoms with van der Waals surface area (Å²) in [5.41, 5.74) is -0.0284. The maximum atomic E-state index is 13.4. The zero-order valence-corrected chi connectivity index (χ0v) is 13.2. The van der Waals surface area contributed by atoms with Crippen LogP contribution in [0.5, 0.6) is 5.75 Å². The number of halogens is 3. The van der Waals surface area contributed by atoms with E-state index in [2.05, 4.69) is 21.2 Å². The van der Waals surface area contributed by atoms with E-state index < -0.39 is 11.6 Å². The van der Waals surface area contributed by atoms with Crippen LogP contribution in [0.2, 0.25) is 0 Å². The summed E-state index contributed by atoms with van der Waals surface area (Å²) < 4.78 is 32.5. The third-order valence-electron chi connectivity index (χ3n) is 2.82. The molecule has 0 aliphatic heterocycles. The van der Waals surface area contributed by atoms with E-state index in [0.717, 1.165) is 16.6 Å². The first kappa shape index (κ1) is 16.4. The Morgan fingerprint density at radius 1 is 1.18 bits per heavy atom. The van der Waals surface area contributed by atoms with E-state index in [1.54, 1.807) is 0 Å².